The van der Waals surface area contributed by atoms with Crippen LogP contribution in [0.5, 0.6) is 0 Å². The van der Waals surface area contributed by atoms with Gasteiger partial charge in [0, 0.05) is 7.05 Å². The smallest absolute Gasteiger partial charge is 0.230 e. The van der Waals surface area contributed by atoms with E-state index in [1.165, 1.54) is 14.0 Å². The van der Waals surface area contributed by atoms with Crippen LogP contribution in [-0.4, -0.2) is 18.1 Å². The third-order valence-electron chi connectivity index (χ3n) is 1.01. The maximum absolute atomic E-state index is 10.6. The molecule has 0 saturated carbocycles. The number of thiol groups is 1. The van der Waals surface area contributed by atoms with Gasteiger partial charge in [0.25, 0.3) is 0 Å². The molecule has 0 aromatic rings. The molecule has 3 nitrogen and oxygen atoms in total. The Morgan fingerprint density at radius 2 is 2.00 bits per heavy atom. The molecule has 0 heterocycles. The molecule has 0 aromatic carbocycles. The van der Waals surface area contributed by atoms with Crippen LogP contribution in [0.3, 0.4) is 0 Å². The van der Waals surface area contributed by atoms with Crippen LogP contribution in [0.2, 0.25) is 0 Å². The summed E-state index contributed by atoms with van der Waals surface area (Å²) in [6, 6.07) is 0. The molecule has 0 radical (unpaired) electrons. The summed E-state index contributed by atoms with van der Waals surface area (Å²) in [5.74, 6) is -0.937. The standard InChI is InChI=1S/C5H9NO2S/c1-3(5(8)9)4(7)6-2/h3H,1-2H3,(H,6,7)(H,8,9). The van der Waals surface area contributed by atoms with Gasteiger partial charge in [-0.1, -0.05) is 0 Å². The normalized spacial score (nSPS) is 12.3. The molecule has 0 saturated heterocycles. The van der Waals surface area contributed by atoms with Gasteiger partial charge in [0.2, 0.25) is 5.91 Å². The van der Waals surface area contributed by atoms with Crippen molar-refractivity contribution in [1.29, 1.82) is 0 Å². The van der Waals surface area contributed by atoms with E-state index in [4.69, 9.17) is 0 Å². The minimum atomic E-state index is -0.640. The van der Waals surface area contributed by atoms with E-state index in [-0.39, 0.29) is 5.91 Å². The van der Waals surface area contributed by atoms with Gasteiger partial charge in [-0.2, -0.15) is 0 Å². The van der Waals surface area contributed by atoms with Crippen molar-refractivity contribution < 1.29 is 9.59 Å². The van der Waals surface area contributed by atoms with E-state index in [0.717, 1.165) is 0 Å². The van der Waals surface area contributed by atoms with Gasteiger partial charge < -0.3 is 5.32 Å². The SMILES string of the molecule is CNC(=O)C(C)C(=O)S. The zero-order valence-corrected chi connectivity index (χ0v) is 6.24. The zero-order chi connectivity index (χ0) is 7.44. The first-order chi connectivity index (χ1) is 4.09. The van der Waals surface area contributed by atoms with Crippen LogP contribution >= 0.6 is 12.6 Å². The number of carbonyl (C=O) groups is 2. The molecule has 1 atom stereocenters. The lowest BCUT2D eigenvalue weighted by Gasteiger charge is -2.02. The maximum Gasteiger partial charge on any atom is 0.230 e. The average molecular weight is 147 g/mol. The highest BCUT2D eigenvalue weighted by Gasteiger charge is 2.15. The van der Waals surface area contributed by atoms with Gasteiger partial charge >= 0.3 is 0 Å². The molecule has 0 spiro atoms. The van der Waals surface area contributed by atoms with Crippen molar-refractivity contribution in [2.75, 3.05) is 7.05 Å². The quantitative estimate of drug-likeness (QED) is 0.420. The minimum Gasteiger partial charge on any atom is -0.359 e. The van der Waals surface area contributed by atoms with Gasteiger partial charge in [0.1, 0.15) is 5.92 Å². The third-order valence-corrected chi connectivity index (χ3v) is 1.40. The summed E-state index contributed by atoms with van der Waals surface area (Å²) in [7, 11) is 1.48. The first kappa shape index (κ1) is 8.49. The van der Waals surface area contributed by atoms with Gasteiger partial charge in [-0.05, 0) is 6.92 Å². The van der Waals surface area contributed by atoms with E-state index in [9.17, 15) is 9.59 Å². The summed E-state index contributed by atoms with van der Waals surface area (Å²) < 4.78 is 0. The number of carbonyl (C=O) groups excluding carboxylic acids is 2. The Bertz CT molecular complexity index is 135. The summed E-state index contributed by atoms with van der Waals surface area (Å²) in [6.45, 7) is 1.51. The summed E-state index contributed by atoms with van der Waals surface area (Å²) in [4.78, 5) is 20.9. The van der Waals surface area contributed by atoms with E-state index in [1.54, 1.807) is 0 Å². The largest absolute Gasteiger partial charge is 0.359 e. The molecule has 1 unspecified atom stereocenters. The van der Waals surface area contributed by atoms with Gasteiger partial charge in [-0.15, -0.1) is 12.6 Å². The van der Waals surface area contributed by atoms with Crippen molar-refractivity contribution in [2.24, 2.45) is 5.92 Å². The highest BCUT2D eigenvalue weighted by atomic mass is 32.1. The van der Waals surface area contributed by atoms with Crippen LogP contribution in [0.25, 0.3) is 0 Å². The Kier molecular flexibility index (Phi) is 3.30. The molecule has 1 amide bonds. The zero-order valence-electron chi connectivity index (χ0n) is 5.34. The predicted octanol–water partition coefficient (Wildman–Crippen LogP) is -0.175. The van der Waals surface area contributed by atoms with Crippen LogP contribution in [0.15, 0.2) is 0 Å². The van der Waals surface area contributed by atoms with E-state index < -0.39 is 11.0 Å². The summed E-state index contributed by atoms with van der Waals surface area (Å²) in [6.07, 6.45) is 0. The molecule has 52 valence electrons. The van der Waals surface area contributed by atoms with Crippen LogP contribution < -0.4 is 5.32 Å². The first-order valence-electron chi connectivity index (χ1n) is 2.54. The van der Waals surface area contributed by atoms with E-state index in [2.05, 4.69) is 17.9 Å². The van der Waals surface area contributed by atoms with Crippen molar-refractivity contribution >= 4 is 23.7 Å². The fourth-order valence-electron chi connectivity index (χ4n) is 0.329. The van der Waals surface area contributed by atoms with Crippen LogP contribution in [0.1, 0.15) is 6.92 Å². The van der Waals surface area contributed by atoms with E-state index >= 15 is 0 Å². The fourth-order valence-corrected chi connectivity index (χ4v) is 0.446. The van der Waals surface area contributed by atoms with E-state index in [1.807, 2.05) is 0 Å². The lowest BCUT2D eigenvalue weighted by Crippen LogP contribution is -2.28. The second kappa shape index (κ2) is 3.50. The topological polar surface area (TPSA) is 46.2 Å². The predicted molar refractivity (Wildman–Crippen MR) is 37.2 cm³/mol. The average Bonchev–Trinajstić information content (AvgIpc) is 1.84. The van der Waals surface area contributed by atoms with Crippen molar-refractivity contribution in [3.8, 4) is 0 Å². The van der Waals surface area contributed by atoms with Gasteiger partial charge in [0.05, 0.1) is 0 Å². The molecule has 4 heteroatoms. The molecule has 0 aliphatic rings. The van der Waals surface area contributed by atoms with Gasteiger partial charge in [-0.3, -0.25) is 9.59 Å². The van der Waals surface area contributed by atoms with Crippen LogP contribution in [0.4, 0.5) is 0 Å². The molecule has 0 aromatic heterocycles. The maximum atomic E-state index is 10.6. The number of hydrogen-bond donors (Lipinski definition) is 2. The molecule has 0 fully saturated rings. The number of rotatable bonds is 2. The third kappa shape index (κ3) is 2.51. The Hall–Kier alpha value is -0.510. The molecule has 1 N–H and O–H groups in total. The number of hydrogen-bond acceptors (Lipinski definition) is 2. The number of nitrogens with one attached hydrogen (secondary N) is 1. The molecule has 0 rings (SSSR count). The Morgan fingerprint density at radius 1 is 1.56 bits per heavy atom. The second-order valence-corrected chi connectivity index (χ2v) is 2.11. The first-order valence-corrected chi connectivity index (χ1v) is 2.98. The van der Waals surface area contributed by atoms with Gasteiger partial charge in [-0.25, -0.2) is 0 Å². The lowest BCUT2D eigenvalue weighted by molar-refractivity contribution is -0.129. The highest BCUT2D eigenvalue weighted by Crippen LogP contribution is 1.98. The Labute approximate surface area is 59.2 Å². The molecular weight excluding hydrogens is 138 g/mol. The van der Waals surface area contributed by atoms with Crippen molar-refractivity contribution in [2.45, 2.75) is 6.92 Å². The highest BCUT2D eigenvalue weighted by molar-refractivity contribution is 7.96. The summed E-state index contributed by atoms with van der Waals surface area (Å²) in [5, 5.41) is 1.93. The van der Waals surface area contributed by atoms with Crippen LogP contribution in [-0.2, 0) is 9.59 Å². The fraction of sp³-hybridized carbons (Fsp3) is 0.600. The molecule has 0 aliphatic carbocycles. The second-order valence-electron chi connectivity index (χ2n) is 1.67. The van der Waals surface area contributed by atoms with Crippen molar-refractivity contribution in [3.05, 3.63) is 0 Å². The monoisotopic (exact) mass is 147 g/mol. The molecule has 0 aliphatic heterocycles. The summed E-state index contributed by atoms with van der Waals surface area (Å²) in [5.41, 5.74) is 0. The molecular formula is C5H9NO2S. The Morgan fingerprint density at radius 3 is 2.11 bits per heavy atom. The lowest BCUT2D eigenvalue weighted by atomic mass is 10.2. The molecule has 0 bridgehead atoms. The number of amides is 1. The van der Waals surface area contributed by atoms with Crippen molar-refractivity contribution in [3.63, 3.8) is 0 Å². The van der Waals surface area contributed by atoms with Gasteiger partial charge in [0.15, 0.2) is 5.12 Å². The summed E-state index contributed by atoms with van der Waals surface area (Å²) >= 11 is 3.49. The minimum absolute atomic E-state index is 0.296. The molecule has 9 heavy (non-hydrogen) atoms. The van der Waals surface area contributed by atoms with Crippen LogP contribution in [0, 0.1) is 5.92 Å². The Balaban J connectivity index is 3.88. The van der Waals surface area contributed by atoms with Crippen molar-refractivity contribution in [1.82, 2.24) is 5.32 Å². The van der Waals surface area contributed by atoms with E-state index in [0.29, 0.717) is 0 Å².